The molecule has 0 bridgehead atoms. The molecule has 0 atom stereocenters. The highest BCUT2D eigenvalue weighted by Gasteiger charge is 2.16. The van der Waals surface area contributed by atoms with Crippen LogP contribution in [0.3, 0.4) is 0 Å². The Hall–Kier alpha value is -3.76. The summed E-state index contributed by atoms with van der Waals surface area (Å²) in [6, 6.07) is 20.9. The number of hydrogen-bond acceptors (Lipinski definition) is 5. The van der Waals surface area contributed by atoms with Gasteiger partial charge in [-0.25, -0.2) is 9.67 Å². The number of benzene rings is 2. The standard InChI is InChI=1S/C23H19N5OS/c1-15-12-21(25-14-20(15)30-27-19-6-4-3-5-7-19)28-23(29)22(16(2)26-28)18-10-8-17(13-24)9-11-18/h3-12,14,26-27H,1-2H3. The third kappa shape index (κ3) is 3.86. The third-order valence-corrected chi connectivity index (χ3v) is 5.69. The van der Waals surface area contributed by atoms with Gasteiger partial charge in [0.1, 0.15) is 0 Å². The van der Waals surface area contributed by atoms with E-state index in [0.717, 1.165) is 27.4 Å². The van der Waals surface area contributed by atoms with E-state index in [9.17, 15) is 4.79 Å². The summed E-state index contributed by atoms with van der Waals surface area (Å²) in [7, 11) is 0. The Kier molecular flexibility index (Phi) is 5.42. The molecule has 4 rings (SSSR count). The summed E-state index contributed by atoms with van der Waals surface area (Å²) in [5.74, 6) is 0.532. The zero-order valence-corrected chi connectivity index (χ0v) is 17.3. The van der Waals surface area contributed by atoms with Crippen LogP contribution in [0, 0.1) is 25.2 Å². The van der Waals surface area contributed by atoms with E-state index >= 15 is 0 Å². The topological polar surface area (TPSA) is 86.5 Å². The predicted molar refractivity (Wildman–Crippen MR) is 120 cm³/mol. The first-order valence-electron chi connectivity index (χ1n) is 9.34. The van der Waals surface area contributed by atoms with Gasteiger partial charge in [-0.1, -0.05) is 30.3 Å². The van der Waals surface area contributed by atoms with Crippen LogP contribution >= 0.6 is 11.9 Å². The predicted octanol–water partition coefficient (Wildman–Crippen LogP) is 4.84. The molecule has 6 nitrogen and oxygen atoms in total. The van der Waals surface area contributed by atoms with Gasteiger partial charge in [-0.15, -0.1) is 0 Å². The molecule has 0 aliphatic rings. The monoisotopic (exact) mass is 413 g/mol. The maximum Gasteiger partial charge on any atom is 0.280 e. The number of H-pyrrole nitrogens is 1. The van der Waals surface area contributed by atoms with E-state index in [0.29, 0.717) is 16.9 Å². The highest BCUT2D eigenvalue weighted by molar-refractivity contribution is 8.00. The van der Waals surface area contributed by atoms with Gasteiger partial charge in [-0.2, -0.15) is 5.26 Å². The lowest BCUT2D eigenvalue weighted by atomic mass is 10.1. The van der Waals surface area contributed by atoms with E-state index in [2.05, 4.69) is 20.9 Å². The van der Waals surface area contributed by atoms with E-state index in [1.807, 2.05) is 50.2 Å². The third-order valence-electron chi connectivity index (χ3n) is 4.70. The molecule has 2 aromatic heterocycles. The minimum Gasteiger partial charge on any atom is -0.326 e. The van der Waals surface area contributed by atoms with Gasteiger partial charge in [0.05, 0.1) is 17.2 Å². The van der Waals surface area contributed by atoms with E-state index < -0.39 is 0 Å². The van der Waals surface area contributed by atoms with Crippen LogP contribution in [-0.4, -0.2) is 14.8 Å². The first kappa shape index (κ1) is 19.6. The van der Waals surface area contributed by atoms with Gasteiger partial charge in [0.15, 0.2) is 5.82 Å². The second-order valence-electron chi connectivity index (χ2n) is 6.82. The summed E-state index contributed by atoms with van der Waals surface area (Å²) in [5.41, 5.74) is 4.48. The van der Waals surface area contributed by atoms with Crippen molar-refractivity contribution in [3.8, 4) is 23.0 Å². The van der Waals surface area contributed by atoms with Gasteiger partial charge in [-0.3, -0.25) is 9.89 Å². The van der Waals surface area contributed by atoms with Crippen molar-refractivity contribution in [2.24, 2.45) is 0 Å². The van der Waals surface area contributed by atoms with Crippen molar-refractivity contribution in [3.63, 3.8) is 0 Å². The molecular formula is C23H19N5OS. The highest BCUT2D eigenvalue weighted by atomic mass is 32.2. The number of aromatic amines is 1. The lowest BCUT2D eigenvalue weighted by molar-refractivity contribution is 0.802. The van der Waals surface area contributed by atoms with E-state index in [1.165, 1.54) is 16.6 Å². The van der Waals surface area contributed by atoms with Crippen LogP contribution in [0.5, 0.6) is 0 Å². The SMILES string of the molecule is Cc1cc(-n2[nH]c(C)c(-c3ccc(C#N)cc3)c2=O)ncc1SNc1ccccc1. The van der Waals surface area contributed by atoms with Gasteiger partial charge in [0.25, 0.3) is 5.56 Å². The van der Waals surface area contributed by atoms with Gasteiger partial charge in [-0.05, 0) is 67.3 Å². The average molecular weight is 414 g/mol. The number of nitrogens with zero attached hydrogens (tertiary/aromatic N) is 3. The molecule has 0 fully saturated rings. The Bertz CT molecular complexity index is 1280. The zero-order valence-electron chi connectivity index (χ0n) is 16.5. The van der Waals surface area contributed by atoms with Crippen molar-refractivity contribution < 1.29 is 0 Å². The quantitative estimate of drug-likeness (QED) is 0.458. The number of nitriles is 1. The van der Waals surface area contributed by atoms with Crippen molar-refractivity contribution in [1.29, 1.82) is 5.26 Å². The summed E-state index contributed by atoms with van der Waals surface area (Å²) >= 11 is 1.48. The van der Waals surface area contributed by atoms with Gasteiger partial charge in [0.2, 0.25) is 0 Å². The molecular weight excluding hydrogens is 394 g/mol. The minimum absolute atomic E-state index is 0.174. The number of rotatable bonds is 5. The molecule has 0 aliphatic carbocycles. The zero-order chi connectivity index (χ0) is 21.1. The van der Waals surface area contributed by atoms with Gasteiger partial charge < -0.3 is 4.72 Å². The maximum atomic E-state index is 13.1. The van der Waals surface area contributed by atoms with E-state index in [-0.39, 0.29) is 5.56 Å². The second kappa shape index (κ2) is 8.31. The van der Waals surface area contributed by atoms with Crippen LogP contribution < -0.4 is 10.3 Å². The molecule has 0 amide bonds. The number of aromatic nitrogens is 3. The summed E-state index contributed by atoms with van der Waals surface area (Å²) < 4.78 is 4.75. The van der Waals surface area contributed by atoms with Gasteiger partial charge >= 0.3 is 0 Å². The number of para-hydroxylation sites is 1. The normalized spacial score (nSPS) is 10.6. The van der Waals surface area contributed by atoms with Crippen LogP contribution in [0.4, 0.5) is 5.69 Å². The molecule has 0 spiro atoms. The lowest BCUT2D eigenvalue weighted by Gasteiger charge is -2.09. The summed E-state index contributed by atoms with van der Waals surface area (Å²) in [5, 5.41) is 12.1. The average Bonchev–Trinajstić information content (AvgIpc) is 3.07. The molecule has 2 aromatic carbocycles. The van der Waals surface area contributed by atoms with Crippen LogP contribution in [0.1, 0.15) is 16.8 Å². The van der Waals surface area contributed by atoms with Crippen molar-refractivity contribution in [3.05, 3.63) is 94.0 Å². The number of nitrogens with one attached hydrogen (secondary N) is 2. The molecule has 0 aliphatic heterocycles. The maximum absolute atomic E-state index is 13.1. The first-order chi connectivity index (χ1) is 14.6. The van der Waals surface area contributed by atoms with E-state index in [4.69, 9.17) is 5.26 Å². The summed E-state index contributed by atoms with van der Waals surface area (Å²) in [6.45, 7) is 3.84. The fraction of sp³-hybridized carbons (Fsp3) is 0.0870. The molecule has 148 valence electrons. The van der Waals surface area contributed by atoms with Crippen molar-refractivity contribution in [2.75, 3.05) is 4.72 Å². The van der Waals surface area contributed by atoms with Crippen molar-refractivity contribution in [2.45, 2.75) is 18.7 Å². The molecule has 7 heteroatoms. The lowest BCUT2D eigenvalue weighted by Crippen LogP contribution is -2.17. The first-order valence-corrected chi connectivity index (χ1v) is 10.2. The fourth-order valence-electron chi connectivity index (χ4n) is 3.14. The van der Waals surface area contributed by atoms with Crippen molar-refractivity contribution in [1.82, 2.24) is 14.8 Å². The Morgan fingerprint density at radius 2 is 1.83 bits per heavy atom. The molecule has 0 radical (unpaired) electrons. The van der Waals surface area contributed by atoms with Crippen LogP contribution in [-0.2, 0) is 0 Å². The Morgan fingerprint density at radius 1 is 1.10 bits per heavy atom. The van der Waals surface area contributed by atoms with Crippen LogP contribution in [0.25, 0.3) is 16.9 Å². The Balaban J connectivity index is 1.62. The highest BCUT2D eigenvalue weighted by Crippen LogP contribution is 2.25. The molecule has 2 heterocycles. The Labute approximate surface area is 178 Å². The number of pyridine rings is 1. The van der Waals surface area contributed by atoms with Gasteiger partial charge in [0, 0.05) is 22.5 Å². The number of aryl methyl sites for hydroxylation is 2. The molecule has 2 N–H and O–H groups in total. The van der Waals surface area contributed by atoms with Crippen molar-refractivity contribution >= 4 is 17.6 Å². The molecule has 4 aromatic rings. The Morgan fingerprint density at radius 3 is 2.50 bits per heavy atom. The van der Waals surface area contributed by atoms with Crippen LogP contribution in [0.15, 0.2) is 76.6 Å². The fourth-order valence-corrected chi connectivity index (χ4v) is 3.83. The molecule has 0 unspecified atom stereocenters. The second-order valence-corrected chi connectivity index (χ2v) is 7.67. The molecule has 30 heavy (non-hydrogen) atoms. The minimum atomic E-state index is -0.174. The van der Waals surface area contributed by atoms with Crippen LogP contribution in [0.2, 0.25) is 0 Å². The smallest absolute Gasteiger partial charge is 0.280 e. The summed E-state index contributed by atoms with van der Waals surface area (Å²) in [6.07, 6.45) is 1.76. The van der Waals surface area contributed by atoms with E-state index in [1.54, 1.807) is 30.5 Å². The molecule has 0 saturated heterocycles. The summed E-state index contributed by atoms with van der Waals surface area (Å²) in [4.78, 5) is 18.5. The number of anilines is 1. The molecule has 0 saturated carbocycles. The largest absolute Gasteiger partial charge is 0.326 e. The number of hydrogen-bond donors (Lipinski definition) is 2.